The number of halogens is 3. The van der Waals surface area contributed by atoms with Crippen molar-refractivity contribution in [2.75, 3.05) is 13.1 Å². The third-order valence-electron chi connectivity index (χ3n) is 6.58. The molecule has 0 bridgehead atoms. The lowest BCUT2D eigenvalue weighted by Gasteiger charge is -2.29. The van der Waals surface area contributed by atoms with Crippen LogP contribution in [-0.4, -0.2) is 48.8 Å². The van der Waals surface area contributed by atoms with E-state index in [-0.39, 0.29) is 11.7 Å². The van der Waals surface area contributed by atoms with Gasteiger partial charge in [0.25, 0.3) is 0 Å². The van der Waals surface area contributed by atoms with Gasteiger partial charge in [-0.05, 0) is 62.6 Å². The lowest BCUT2D eigenvalue weighted by molar-refractivity contribution is -0.141. The summed E-state index contributed by atoms with van der Waals surface area (Å²) in [5, 5.41) is 10.1. The molecule has 40 heavy (non-hydrogen) atoms. The van der Waals surface area contributed by atoms with Gasteiger partial charge >= 0.3 is 12.3 Å². The molecule has 0 fully saturated rings. The Labute approximate surface area is 227 Å². The Morgan fingerprint density at radius 1 is 1.12 bits per heavy atom. The van der Waals surface area contributed by atoms with Gasteiger partial charge in [-0.3, -0.25) is 9.55 Å². The predicted octanol–water partition coefficient (Wildman–Crippen LogP) is 5.34. The molecule has 5 rings (SSSR count). The maximum Gasteiger partial charge on any atom is 0.433 e. The molecule has 4 heterocycles. The number of carbonyl (C=O) groups is 1. The van der Waals surface area contributed by atoms with Crippen LogP contribution in [0.4, 0.5) is 18.0 Å². The highest BCUT2D eigenvalue weighted by Gasteiger charge is 2.32. The number of rotatable bonds is 2. The minimum atomic E-state index is -4.58. The van der Waals surface area contributed by atoms with Crippen LogP contribution >= 0.6 is 0 Å². The summed E-state index contributed by atoms with van der Waals surface area (Å²) in [7, 11) is 1.71. The third kappa shape index (κ3) is 5.02. The molecule has 0 saturated carbocycles. The molecular formula is C28H26F3N7O2. The molecule has 1 aliphatic heterocycles. The number of hydrogen-bond acceptors (Lipinski definition) is 6. The summed E-state index contributed by atoms with van der Waals surface area (Å²) in [6.07, 6.45) is 2.18. The highest BCUT2D eigenvalue weighted by Crippen LogP contribution is 2.32. The summed E-state index contributed by atoms with van der Waals surface area (Å²) in [6, 6.07) is 7.98. The number of amides is 1. The zero-order valence-corrected chi connectivity index (χ0v) is 22.3. The quantitative estimate of drug-likeness (QED) is 0.314. The largest absolute Gasteiger partial charge is 0.444 e. The van der Waals surface area contributed by atoms with Gasteiger partial charge in [0.1, 0.15) is 11.3 Å². The molecule has 3 aromatic heterocycles. The number of nitriles is 1. The molecule has 0 saturated heterocycles. The maximum absolute atomic E-state index is 13.2. The minimum Gasteiger partial charge on any atom is -0.444 e. The van der Waals surface area contributed by atoms with Crippen molar-refractivity contribution < 1.29 is 22.7 Å². The van der Waals surface area contributed by atoms with Crippen molar-refractivity contribution in [2.45, 2.75) is 39.0 Å². The number of aryl methyl sites for hydroxylation is 1. The summed E-state index contributed by atoms with van der Waals surface area (Å²) < 4.78 is 48.3. The van der Waals surface area contributed by atoms with Gasteiger partial charge in [0.2, 0.25) is 11.8 Å². The fourth-order valence-corrected chi connectivity index (χ4v) is 4.73. The van der Waals surface area contributed by atoms with Crippen molar-refractivity contribution in [1.29, 1.82) is 5.26 Å². The molecule has 206 valence electrons. The first-order chi connectivity index (χ1) is 18.9. The Morgan fingerprint density at radius 3 is 2.50 bits per heavy atom. The van der Waals surface area contributed by atoms with Crippen molar-refractivity contribution in [1.82, 2.24) is 24.0 Å². The van der Waals surface area contributed by atoms with Crippen molar-refractivity contribution in [3.63, 3.8) is 0 Å². The number of fused-ring (bicyclic) bond motifs is 3. The van der Waals surface area contributed by atoms with Crippen LogP contribution in [0.2, 0.25) is 0 Å². The first kappa shape index (κ1) is 26.9. The van der Waals surface area contributed by atoms with Crippen molar-refractivity contribution >= 4 is 33.6 Å². The van der Waals surface area contributed by atoms with Crippen molar-refractivity contribution in [2.24, 2.45) is 12.0 Å². The number of pyridine rings is 2. The molecule has 0 spiro atoms. The molecule has 1 amide bonds. The Balaban J connectivity index is 1.63. The molecule has 12 heteroatoms. The van der Waals surface area contributed by atoms with E-state index >= 15 is 0 Å². The van der Waals surface area contributed by atoms with Gasteiger partial charge in [-0.1, -0.05) is 12.1 Å². The number of benzene rings is 1. The predicted molar refractivity (Wildman–Crippen MR) is 142 cm³/mol. The molecular weight excluding hydrogens is 523 g/mol. The highest BCUT2D eigenvalue weighted by atomic mass is 19.4. The van der Waals surface area contributed by atoms with E-state index in [0.29, 0.717) is 41.7 Å². The normalized spacial score (nSPS) is 14.9. The molecule has 0 unspecified atom stereocenters. The Morgan fingerprint density at radius 2 is 1.90 bits per heavy atom. The van der Waals surface area contributed by atoms with Gasteiger partial charge in [0.15, 0.2) is 0 Å². The average Bonchev–Trinajstić information content (AvgIpc) is 3.19. The number of carbonyl (C=O) groups excluding carboxylic acids is 1. The lowest BCUT2D eigenvalue weighted by atomic mass is 9.97. The minimum absolute atomic E-state index is 0.212. The number of aromatic nitrogens is 4. The lowest BCUT2D eigenvalue weighted by Crippen LogP contribution is -2.39. The van der Waals surface area contributed by atoms with Crippen LogP contribution in [-0.2, 0) is 18.0 Å². The number of alkyl halides is 3. The van der Waals surface area contributed by atoms with Crippen LogP contribution in [0.25, 0.3) is 33.2 Å². The van der Waals surface area contributed by atoms with Crippen molar-refractivity contribution in [3.05, 3.63) is 65.7 Å². The molecule has 0 atom stereocenters. The van der Waals surface area contributed by atoms with Crippen LogP contribution in [0.15, 0.2) is 53.8 Å². The van der Waals surface area contributed by atoms with Crippen LogP contribution in [0, 0.1) is 11.5 Å². The number of hydrogen-bond donors (Lipinski definition) is 0. The fraction of sp³-hybridized carbons (Fsp3) is 0.321. The van der Waals surface area contributed by atoms with Crippen LogP contribution in [0.1, 0.15) is 38.4 Å². The highest BCUT2D eigenvalue weighted by molar-refractivity contribution is 6.04. The van der Waals surface area contributed by atoms with E-state index in [1.807, 2.05) is 45.0 Å². The second-order valence-corrected chi connectivity index (χ2v) is 10.4. The first-order valence-corrected chi connectivity index (χ1v) is 12.5. The molecule has 0 N–H and O–H groups in total. The standard InChI is InChI=1S/C28H26F3N7O2/c1-27(2,3)40-26(39)37-11-9-17(10-12-37)18-5-7-21-20(13-18)24-22(15-33-21)36(4)25(35-16-32)38(24)19-6-8-23(34-14-19)28(29,30)31/h5-9,13-15H,10-12H2,1-4H3/b35-25-. The zero-order chi connectivity index (χ0) is 28.8. The average molecular weight is 550 g/mol. The van der Waals surface area contributed by atoms with Gasteiger partial charge in [0, 0.05) is 25.5 Å². The van der Waals surface area contributed by atoms with Gasteiger partial charge in [0.05, 0.1) is 34.6 Å². The van der Waals surface area contributed by atoms with E-state index in [1.54, 1.807) is 33.5 Å². The second kappa shape index (κ2) is 9.82. The van der Waals surface area contributed by atoms with Crippen LogP contribution in [0.5, 0.6) is 0 Å². The van der Waals surface area contributed by atoms with Crippen molar-refractivity contribution in [3.8, 4) is 11.9 Å². The molecule has 0 radical (unpaired) electrons. The first-order valence-electron chi connectivity index (χ1n) is 12.5. The van der Waals surface area contributed by atoms with Gasteiger partial charge in [-0.2, -0.15) is 18.4 Å². The molecule has 1 aliphatic rings. The van der Waals surface area contributed by atoms with Crippen LogP contribution < -0.4 is 5.62 Å². The van der Waals surface area contributed by atoms with E-state index in [0.717, 1.165) is 28.8 Å². The molecule has 0 aliphatic carbocycles. The van der Waals surface area contributed by atoms with Crippen LogP contribution in [0.3, 0.4) is 0 Å². The molecule has 9 nitrogen and oxygen atoms in total. The van der Waals surface area contributed by atoms with Gasteiger partial charge in [-0.25, -0.2) is 9.78 Å². The smallest absolute Gasteiger partial charge is 0.433 e. The second-order valence-electron chi connectivity index (χ2n) is 10.4. The van der Waals surface area contributed by atoms with E-state index in [1.165, 1.54) is 6.07 Å². The summed E-state index contributed by atoms with van der Waals surface area (Å²) in [5.74, 6) is 0. The number of imidazole rings is 1. The number of ether oxygens (including phenoxy) is 1. The SMILES string of the molecule is Cn1/c(=N/C#N)n(-c2ccc(C(F)(F)F)nc2)c2c3cc(C4=CCN(C(=O)OC(C)(C)C)CC4)ccc3ncc21. The van der Waals surface area contributed by atoms with E-state index in [2.05, 4.69) is 15.0 Å². The molecule has 1 aromatic carbocycles. The third-order valence-corrected chi connectivity index (χ3v) is 6.58. The zero-order valence-electron chi connectivity index (χ0n) is 22.3. The van der Waals surface area contributed by atoms with E-state index in [4.69, 9.17) is 4.74 Å². The summed E-state index contributed by atoms with van der Waals surface area (Å²) in [6.45, 7) is 6.37. The Bertz CT molecular complexity index is 1770. The summed E-state index contributed by atoms with van der Waals surface area (Å²) in [5.41, 5.74) is 2.80. The van der Waals surface area contributed by atoms with Gasteiger partial charge in [-0.15, -0.1) is 4.99 Å². The monoisotopic (exact) mass is 549 g/mol. The maximum atomic E-state index is 13.2. The summed E-state index contributed by atoms with van der Waals surface area (Å²) >= 11 is 0. The van der Waals surface area contributed by atoms with Gasteiger partial charge < -0.3 is 14.2 Å². The fourth-order valence-electron chi connectivity index (χ4n) is 4.73. The Kier molecular flexibility index (Phi) is 6.61. The van der Waals surface area contributed by atoms with E-state index < -0.39 is 17.5 Å². The number of nitrogens with zero attached hydrogens (tertiary/aromatic N) is 7. The molecule has 4 aromatic rings. The summed E-state index contributed by atoms with van der Waals surface area (Å²) in [4.78, 5) is 26.3. The Hall–Kier alpha value is -4.66. The topological polar surface area (TPSA) is 101 Å². The van der Waals surface area contributed by atoms with E-state index in [9.17, 15) is 23.2 Å².